The van der Waals surface area contributed by atoms with Crippen molar-refractivity contribution in [2.24, 2.45) is 0 Å². The number of carbonyl (C=O) groups is 2. The molecule has 156 valence electrons. The van der Waals surface area contributed by atoms with Gasteiger partial charge in [-0.1, -0.05) is 0 Å². The van der Waals surface area contributed by atoms with Gasteiger partial charge in [-0.25, -0.2) is 4.79 Å². The zero-order valence-corrected chi connectivity index (χ0v) is 18.5. The summed E-state index contributed by atoms with van der Waals surface area (Å²) in [6.07, 6.45) is -0.114. The van der Waals surface area contributed by atoms with Gasteiger partial charge in [0.15, 0.2) is 19.8 Å². The maximum atomic E-state index is 12.7. The van der Waals surface area contributed by atoms with E-state index in [2.05, 4.69) is 0 Å². The van der Waals surface area contributed by atoms with Gasteiger partial charge >= 0.3 is 5.97 Å². The van der Waals surface area contributed by atoms with Crippen LogP contribution in [0, 0.1) is 0 Å². The van der Waals surface area contributed by atoms with Crippen molar-refractivity contribution < 1.29 is 33.0 Å². The molecule has 1 aliphatic rings. The molecule has 0 N–H and O–H groups in total. The number of rotatable bonds is 8. The lowest BCUT2D eigenvalue weighted by atomic mass is 10.1. The van der Waals surface area contributed by atoms with Crippen molar-refractivity contribution in [3.63, 3.8) is 0 Å². The number of likely N-dealkylation sites (tertiary alicyclic amines) is 1. The average Bonchev–Trinajstić information content (AvgIpc) is 3.04. The highest BCUT2D eigenvalue weighted by Crippen LogP contribution is 2.43. The largest absolute Gasteiger partial charge is 0.493 e. The van der Waals surface area contributed by atoms with Gasteiger partial charge in [0.05, 0.1) is 28.4 Å². The Labute approximate surface area is 166 Å². The van der Waals surface area contributed by atoms with Crippen molar-refractivity contribution in [3.05, 3.63) is 17.7 Å². The quantitative estimate of drug-likeness (QED) is 0.480. The molecule has 1 amide bonds. The molecule has 1 fully saturated rings. The summed E-state index contributed by atoms with van der Waals surface area (Å²) in [5.74, 6) is 0.720. The standard InChI is InChI=1S/C19H29NO7Si/c1-23-14-10-12(11-15(24-2)17(14)25-3)18(27-28(5,6)7)20-13(19(22)26-4)8-9-16(20)21/h10-11,13,18H,8-9H2,1-7H3. The molecule has 0 saturated carbocycles. The molecule has 2 atom stereocenters. The lowest BCUT2D eigenvalue weighted by Crippen LogP contribution is -2.45. The molecule has 0 spiro atoms. The third-order valence-corrected chi connectivity index (χ3v) is 5.35. The molecule has 0 aromatic heterocycles. The first-order valence-corrected chi connectivity index (χ1v) is 12.4. The number of carbonyl (C=O) groups excluding carboxylic acids is 2. The molecule has 1 aromatic rings. The number of methoxy groups -OCH3 is 4. The predicted molar refractivity (Wildman–Crippen MR) is 105 cm³/mol. The van der Waals surface area contributed by atoms with Gasteiger partial charge in [-0.3, -0.25) is 9.69 Å². The number of esters is 1. The minimum atomic E-state index is -2.11. The Morgan fingerprint density at radius 2 is 1.64 bits per heavy atom. The summed E-state index contributed by atoms with van der Waals surface area (Å²) in [5.41, 5.74) is 0.640. The molecule has 9 heteroatoms. The highest BCUT2D eigenvalue weighted by molar-refractivity contribution is 6.69. The fourth-order valence-corrected chi connectivity index (χ4v) is 4.15. The van der Waals surface area contributed by atoms with Crippen molar-refractivity contribution in [2.45, 2.75) is 44.8 Å². The lowest BCUT2D eigenvalue weighted by Gasteiger charge is -2.36. The maximum absolute atomic E-state index is 12.7. The van der Waals surface area contributed by atoms with Gasteiger partial charge in [0.2, 0.25) is 11.7 Å². The van der Waals surface area contributed by atoms with Gasteiger partial charge in [0.1, 0.15) is 12.3 Å². The smallest absolute Gasteiger partial charge is 0.328 e. The van der Waals surface area contributed by atoms with Crippen LogP contribution in [0.1, 0.15) is 24.6 Å². The van der Waals surface area contributed by atoms with E-state index in [1.807, 2.05) is 19.6 Å². The second-order valence-electron chi connectivity index (χ2n) is 7.42. The van der Waals surface area contributed by atoms with Crippen LogP contribution in [0.15, 0.2) is 12.1 Å². The fourth-order valence-electron chi connectivity index (χ4n) is 3.23. The van der Waals surface area contributed by atoms with Gasteiger partial charge in [0, 0.05) is 12.0 Å². The van der Waals surface area contributed by atoms with Crippen LogP contribution in [0.5, 0.6) is 17.2 Å². The molecule has 2 unspecified atom stereocenters. The van der Waals surface area contributed by atoms with Crippen LogP contribution >= 0.6 is 0 Å². The van der Waals surface area contributed by atoms with Gasteiger partial charge in [0.25, 0.3) is 0 Å². The Kier molecular flexibility index (Phi) is 6.94. The molecule has 1 heterocycles. The number of amides is 1. The SMILES string of the molecule is COC(=O)C1CCC(=O)N1C(O[Si](C)(C)C)c1cc(OC)c(OC)c(OC)c1. The predicted octanol–water partition coefficient (Wildman–Crippen LogP) is 2.73. The van der Waals surface area contributed by atoms with Gasteiger partial charge in [-0.05, 0) is 38.2 Å². The number of nitrogens with zero attached hydrogens (tertiary/aromatic N) is 1. The van der Waals surface area contributed by atoms with E-state index in [0.717, 1.165) is 0 Å². The summed E-state index contributed by atoms with van der Waals surface area (Å²) in [7, 11) is 3.77. The summed E-state index contributed by atoms with van der Waals surface area (Å²) in [6.45, 7) is 6.06. The first-order valence-electron chi connectivity index (χ1n) is 9.03. The number of hydrogen-bond acceptors (Lipinski definition) is 7. The fraction of sp³-hybridized carbons (Fsp3) is 0.579. The molecule has 0 bridgehead atoms. The van der Waals surface area contributed by atoms with Crippen molar-refractivity contribution in [3.8, 4) is 17.2 Å². The van der Waals surface area contributed by atoms with E-state index >= 15 is 0 Å². The van der Waals surface area contributed by atoms with Crippen molar-refractivity contribution >= 4 is 20.2 Å². The van der Waals surface area contributed by atoms with E-state index in [1.54, 1.807) is 12.1 Å². The van der Waals surface area contributed by atoms with E-state index in [0.29, 0.717) is 29.2 Å². The summed E-state index contributed by atoms with van der Waals surface area (Å²) in [5, 5.41) is 0. The molecular formula is C19H29NO7Si. The van der Waals surface area contributed by atoms with Crippen molar-refractivity contribution in [1.29, 1.82) is 0 Å². The second kappa shape index (κ2) is 8.83. The van der Waals surface area contributed by atoms with Crippen LogP contribution in [-0.4, -0.2) is 59.6 Å². The summed E-state index contributed by atoms with van der Waals surface area (Å²) in [4.78, 5) is 26.5. The lowest BCUT2D eigenvalue weighted by molar-refractivity contribution is -0.156. The topological polar surface area (TPSA) is 83.5 Å². The Morgan fingerprint density at radius 3 is 2.07 bits per heavy atom. The highest BCUT2D eigenvalue weighted by atomic mass is 28.4. The third kappa shape index (κ3) is 4.58. The summed E-state index contributed by atoms with van der Waals surface area (Å²) >= 11 is 0. The minimum Gasteiger partial charge on any atom is -0.493 e. The zero-order chi connectivity index (χ0) is 21.1. The summed E-state index contributed by atoms with van der Waals surface area (Å²) < 4.78 is 27.5. The first kappa shape index (κ1) is 22.0. The molecule has 0 aliphatic carbocycles. The van der Waals surface area contributed by atoms with E-state index in [4.69, 9.17) is 23.4 Å². The number of ether oxygens (including phenoxy) is 4. The van der Waals surface area contributed by atoms with E-state index in [1.165, 1.54) is 33.3 Å². The molecule has 2 rings (SSSR count). The van der Waals surface area contributed by atoms with Crippen LogP contribution < -0.4 is 14.2 Å². The maximum Gasteiger partial charge on any atom is 0.328 e. The molecule has 28 heavy (non-hydrogen) atoms. The van der Waals surface area contributed by atoms with Crippen LogP contribution in [0.25, 0.3) is 0 Å². The molecule has 1 aliphatic heterocycles. The number of hydrogen-bond donors (Lipinski definition) is 0. The van der Waals surface area contributed by atoms with Gasteiger partial charge < -0.3 is 23.4 Å². The van der Waals surface area contributed by atoms with Crippen molar-refractivity contribution in [2.75, 3.05) is 28.4 Å². The van der Waals surface area contributed by atoms with Crippen LogP contribution in [0.3, 0.4) is 0 Å². The number of benzene rings is 1. The normalized spacial score (nSPS) is 18.0. The van der Waals surface area contributed by atoms with Crippen LogP contribution in [0.2, 0.25) is 19.6 Å². The van der Waals surface area contributed by atoms with Crippen molar-refractivity contribution in [1.82, 2.24) is 4.90 Å². The molecule has 1 saturated heterocycles. The highest BCUT2D eigenvalue weighted by Gasteiger charge is 2.43. The zero-order valence-electron chi connectivity index (χ0n) is 17.5. The Morgan fingerprint density at radius 1 is 1.07 bits per heavy atom. The summed E-state index contributed by atoms with van der Waals surface area (Å²) in [6, 6.07) is 2.79. The Hall–Kier alpha value is -2.26. The monoisotopic (exact) mass is 411 g/mol. The third-order valence-electron chi connectivity index (χ3n) is 4.42. The molecule has 1 aromatic carbocycles. The molecular weight excluding hydrogens is 382 g/mol. The van der Waals surface area contributed by atoms with E-state index in [-0.39, 0.29) is 12.3 Å². The van der Waals surface area contributed by atoms with E-state index in [9.17, 15) is 9.59 Å². The van der Waals surface area contributed by atoms with E-state index < -0.39 is 26.6 Å². The van der Waals surface area contributed by atoms with Gasteiger partial charge in [-0.2, -0.15) is 0 Å². The Balaban J connectivity index is 2.61. The van der Waals surface area contributed by atoms with Crippen LogP contribution in [-0.2, 0) is 18.8 Å². The van der Waals surface area contributed by atoms with Gasteiger partial charge in [-0.15, -0.1) is 0 Å². The second-order valence-corrected chi connectivity index (χ2v) is 11.9. The minimum absolute atomic E-state index is 0.160. The first-order chi connectivity index (χ1) is 13.2. The molecule has 0 radical (unpaired) electrons. The molecule has 8 nitrogen and oxygen atoms in total. The average molecular weight is 412 g/mol. The van der Waals surface area contributed by atoms with Crippen LogP contribution in [0.4, 0.5) is 0 Å². The Bertz CT molecular complexity index is 706.